The standard InChI is InChI=1S/C24H24FN5O4S.Na.H/c1-5-12-34-19-10-8-17(9-11-19)27-22-20(25)14-26-24(29-22)28-18-7-6-16(4)21(13-18)35(32,33)30-23(31)15(2)3;;/h1,6-11,13-15H,12H2,2-4H3,(H,30,31)(H2,26,27,28,29);;. The van der Waals surface area contributed by atoms with E-state index in [0.717, 1.165) is 6.20 Å². The van der Waals surface area contributed by atoms with E-state index >= 15 is 0 Å². The molecule has 1 amide bonds. The van der Waals surface area contributed by atoms with Gasteiger partial charge in [-0.25, -0.2) is 22.5 Å². The maximum atomic E-state index is 14.3. The second kappa shape index (κ2) is 12.7. The molecule has 0 saturated heterocycles. The van der Waals surface area contributed by atoms with Crippen molar-refractivity contribution in [1.82, 2.24) is 14.7 Å². The zero-order valence-electron chi connectivity index (χ0n) is 19.3. The SMILES string of the molecule is C#CCOc1ccc(Nc2nc(Nc3ccc(C)c(S(=O)(=O)NC(=O)C(C)C)c3)ncc2F)cc1.[NaH]. The molecule has 12 heteroatoms. The number of aryl methyl sites for hydroxylation is 1. The number of rotatable bonds is 9. The third-order valence-corrected chi connectivity index (χ3v) is 6.17. The van der Waals surface area contributed by atoms with Gasteiger partial charge in [-0.05, 0) is 48.9 Å². The van der Waals surface area contributed by atoms with Gasteiger partial charge in [0, 0.05) is 17.3 Å². The molecule has 184 valence electrons. The molecule has 1 aromatic heterocycles. The summed E-state index contributed by atoms with van der Waals surface area (Å²) in [6.07, 6.45) is 6.15. The Hall–Kier alpha value is -3.17. The summed E-state index contributed by atoms with van der Waals surface area (Å²) in [4.78, 5) is 19.9. The Morgan fingerprint density at radius 1 is 1.14 bits per heavy atom. The number of aromatic nitrogens is 2. The number of amides is 1. The topological polar surface area (TPSA) is 122 Å². The number of sulfonamides is 1. The number of benzene rings is 2. The maximum absolute atomic E-state index is 14.3. The van der Waals surface area contributed by atoms with Crippen molar-refractivity contribution in [2.45, 2.75) is 25.7 Å². The third kappa shape index (κ3) is 7.66. The van der Waals surface area contributed by atoms with E-state index in [1.165, 1.54) is 6.07 Å². The number of hydrogen-bond acceptors (Lipinski definition) is 8. The summed E-state index contributed by atoms with van der Waals surface area (Å²) in [7, 11) is -4.09. The van der Waals surface area contributed by atoms with E-state index in [0.29, 0.717) is 22.7 Å². The van der Waals surface area contributed by atoms with Gasteiger partial charge >= 0.3 is 29.6 Å². The molecular weight excluding hydrogens is 496 g/mol. The molecular formula is C24H25FN5NaO4S. The fourth-order valence-corrected chi connectivity index (χ4v) is 4.20. The van der Waals surface area contributed by atoms with Crippen molar-refractivity contribution in [2.75, 3.05) is 17.2 Å². The van der Waals surface area contributed by atoms with Crippen LogP contribution in [0, 0.1) is 31.0 Å². The van der Waals surface area contributed by atoms with Gasteiger partial charge in [-0.15, -0.1) is 6.42 Å². The van der Waals surface area contributed by atoms with Crippen molar-refractivity contribution in [2.24, 2.45) is 5.92 Å². The monoisotopic (exact) mass is 521 g/mol. The van der Waals surface area contributed by atoms with E-state index < -0.39 is 27.7 Å². The molecule has 9 nitrogen and oxygen atoms in total. The van der Waals surface area contributed by atoms with Gasteiger partial charge in [0.1, 0.15) is 12.4 Å². The average molecular weight is 522 g/mol. The van der Waals surface area contributed by atoms with Gasteiger partial charge in [0.05, 0.1) is 11.1 Å². The number of ether oxygens (including phenoxy) is 1. The zero-order chi connectivity index (χ0) is 25.6. The molecule has 0 fully saturated rings. The van der Waals surface area contributed by atoms with Crippen molar-refractivity contribution < 1.29 is 22.3 Å². The summed E-state index contributed by atoms with van der Waals surface area (Å²) in [5, 5.41) is 5.71. The number of nitrogens with zero attached hydrogens (tertiary/aromatic N) is 2. The molecule has 0 bridgehead atoms. The van der Waals surface area contributed by atoms with Gasteiger partial charge < -0.3 is 15.4 Å². The van der Waals surface area contributed by atoms with E-state index in [9.17, 15) is 17.6 Å². The third-order valence-electron chi connectivity index (χ3n) is 4.68. The van der Waals surface area contributed by atoms with Crippen molar-refractivity contribution >= 4 is 68.6 Å². The van der Waals surface area contributed by atoms with Gasteiger partial charge in [-0.3, -0.25) is 4.79 Å². The number of nitrogens with one attached hydrogen (secondary N) is 3. The van der Waals surface area contributed by atoms with E-state index in [-0.39, 0.29) is 52.8 Å². The average Bonchev–Trinajstić information content (AvgIpc) is 2.81. The molecule has 0 saturated carbocycles. The summed E-state index contributed by atoms with van der Waals surface area (Å²) in [5.41, 5.74) is 1.32. The van der Waals surface area contributed by atoms with E-state index in [1.807, 2.05) is 0 Å². The van der Waals surface area contributed by atoms with Crippen LogP contribution in [0.5, 0.6) is 5.75 Å². The van der Waals surface area contributed by atoms with E-state index in [4.69, 9.17) is 11.2 Å². The molecule has 0 aliphatic heterocycles. The van der Waals surface area contributed by atoms with Gasteiger partial charge in [-0.2, -0.15) is 4.98 Å². The predicted molar refractivity (Wildman–Crippen MR) is 138 cm³/mol. The number of anilines is 4. The molecule has 3 N–H and O–H groups in total. The van der Waals surface area contributed by atoms with Crippen molar-refractivity contribution in [1.29, 1.82) is 0 Å². The van der Waals surface area contributed by atoms with Crippen LogP contribution in [0.15, 0.2) is 53.6 Å². The summed E-state index contributed by atoms with van der Waals surface area (Å²) in [6.45, 7) is 4.93. The molecule has 0 atom stereocenters. The quantitative estimate of drug-likeness (QED) is 0.290. The Labute approximate surface area is 231 Å². The van der Waals surface area contributed by atoms with Crippen LogP contribution in [0.25, 0.3) is 0 Å². The first-order valence-electron chi connectivity index (χ1n) is 10.5. The Bertz CT molecular complexity index is 1380. The van der Waals surface area contributed by atoms with Crippen LogP contribution in [0.4, 0.5) is 27.5 Å². The first-order chi connectivity index (χ1) is 16.6. The van der Waals surface area contributed by atoms with Crippen LogP contribution >= 0.6 is 0 Å². The van der Waals surface area contributed by atoms with Crippen molar-refractivity contribution in [3.8, 4) is 18.1 Å². The minimum absolute atomic E-state index is 0. The van der Waals surface area contributed by atoms with Gasteiger partial charge in [0.2, 0.25) is 11.9 Å². The Kier molecular flexibility index (Phi) is 10.2. The van der Waals surface area contributed by atoms with Crippen LogP contribution in [-0.2, 0) is 14.8 Å². The number of halogens is 1. The Balaban J connectivity index is 0.00000456. The normalized spacial score (nSPS) is 10.7. The molecule has 2 aromatic carbocycles. The zero-order valence-corrected chi connectivity index (χ0v) is 20.1. The van der Waals surface area contributed by atoms with Gasteiger partial charge in [-0.1, -0.05) is 25.8 Å². The molecule has 1 heterocycles. The number of carbonyl (C=O) groups is 1. The molecule has 0 aliphatic rings. The van der Waals surface area contributed by atoms with Crippen LogP contribution in [0.1, 0.15) is 19.4 Å². The number of carbonyl (C=O) groups excluding carboxylic acids is 1. The second-order valence-electron chi connectivity index (χ2n) is 7.76. The fraction of sp³-hybridized carbons (Fsp3) is 0.208. The molecule has 3 rings (SSSR count). The van der Waals surface area contributed by atoms with E-state index in [1.54, 1.807) is 57.2 Å². The van der Waals surface area contributed by atoms with Crippen LogP contribution in [0.2, 0.25) is 0 Å². The van der Waals surface area contributed by atoms with Gasteiger partial charge in [0.15, 0.2) is 11.6 Å². The van der Waals surface area contributed by atoms with Crippen molar-refractivity contribution in [3.05, 3.63) is 60.0 Å². The van der Waals surface area contributed by atoms with Crippen LogP contribution in [-0.4, -0.2) is 60.5 Å². The Morgan fingerprint density at radius 3 is 2.44 bits per heavy atom. The predicted octanol–water partition coefficient (Wildman–Crippen LogP) is 3.24. The first kappa shape index (κ1) is 29.1. The minimum atomic E-state index is -4.09. The summed E-state index contributed by atoms with van der Waals surface area (Å²) >= 11 is 0. The van der Waals surface area contributed by atoms with Gasteiger partial charge in [0.25, 0.3) is 10.0 Å². The van der Waals surface area contributed by atoms with E-state index in [2.05, 4.69) is 31.2 Å². The molecule has 0 radical (unpaired) electrons. The summed E-state index contributed by atoms with van der Waals surface area (Å²) < 4.78 is 47.1. The molecule has 36 heavy (non-hydrogen) atoms. The summed E-state index contributed by atoms with van der Waals surface area (Å²) in [6, 6.07) is 11.2. The molecule has 3 aromatic rings. The molecule has 0 aliphatic carbocycles. The fourth-order valence-electron chi connectivity index (χ4n) is 2.81. The second-order valence-corrected chi connectivity index (χ2v) is 9.41. The van der Waals surface area contributed by atoms with Crippen LogP contribution < -0.4 is 20.1 Å². The first-order valence-corrected chi connectivity index (χ1v) is 12.0. The number of hydrogen-bond donors (Lipinski definition) is 3. The van der Waals surface area contributed by atoms with Crippen molar-refractivity contribution in [3.63, 3.8) is 0 Å². The summed E-state index contributed by atoms with van der Waals surface area (Å²) in [5.74, 6) is 1.06. The molecule has 0 unspecified atom stereocenters. The number of terminal acetylenes is 1. The van der Waals surface area contributed by atoms with Crippen LogP contribution in [0.3, 0.4) is 0 Å². The molecule has 0 spiro atoms. The Morgan fingerprint density at radius 2 is 1.81 bits per heavy atom.